The van der Waals surface area contributed by atoms with Gasteiger partial charge in [-0.3, -0.25) is 9.00 Å². The van der Waals surface area contributed by atoms with Crippen molar-refractivity contribution in [3.63, 3.8) is 0 Å². The molecule has 0 heterocycles. The first kappa shape index (κ1) is 5.59. The molecular formula is C15H15NO2S. The number of carbonyl (C=O) groups excluding carboxylic acids is 1. The van der Waals surface area contributed by atoms with Crippen molar-refractivity contribution in [2.75, 3.05) is 5.75 Å². The van der Waals surface area contributed by atoms with Crippen molar-refractivity contribution in [1.82, 2.24) is 0 Å². The minimum atomic E-state index is -2.39. The Hall–Kier alpha value is -1.94. The van der Waals surface area contributed by atoms with Crippen LogP contribution in [0.25, 0.3) is 0 Å². The van der Waals surface area contributed by atoms with Gasteiger partial charge in [0.2, 0.25) is 5.91 Å². The SMILES string of the molecule is [2H]c1c([2H])c([2H])c(C(c2c([2H])c([2H])c([2H])c([2H])c2[2H])[S@@](=O)CC(N)=O)c([2H])c1[2H]. The number of amides is 1. The standard InChI is InChI=1S/C15H15NO2S/c16-14(17)11-19(18)15(12-7-3-1-4-8-12)13-9-5-2-6-10-13/h1-10,15H,11H2,(H2,16,17)/t19-/m0/s1/i1D,2D,3D,4D,5D,6D,7D,8D,9D,10D. The molecule has 0 radical (unpaired) electrons. The molecule has 0 fully saturated rings. The number of hydrogen-bond acceptors (Lipinski definition) is 2. The molecular weight excluding hydrogens is 258 g/mol. The van der Waals surface area contributed by atoms with Gasteiger partial charge in [-0.15, -0.1) is 0 Å². The van der Waals surface area contributed by atoms with Gasteiger partial charge in [0.05, 0.1) is 19.0 Å². The van der Waals surface area contributed by atoms with Crippen LogP contribution in [0, 0.1) is 0 Å². The predicted octanol–water partition coefficient (Wildman–Crippen LogP) is 2.01. The quantitative estimate of drug-likeness (QED) is 0.912. The Kier molecular flexibility index (Phi) is 1.85. The lowest BCUT2D eigenvalue weighted by Crippen LogP contribution is -2.23. The number of primary amides is 1. The van der Waals surface area contributed by atoms with Gasteiger partial charge in [-0.05, 0) is 11.1 Å². The maximum Gasteiger partial charge on any atom is 0.230 e. The van der Waals surface area contributed by atoms with Crippen LogP contribution in [-0.2, 0) is 15.6 Å². The molecule has 2 N–H and O–H groups in total. The third kappa shape index (κ3) is 3.51. The lowest BCUT2D eigenvalue weighted by molar-refractivity contribution is -0.115. The van der Waals surface area contributed by atoms with Crippen molar-refractivity contribution in [3.8, 4) is 0 Å². The number of hydrogen-bond donors (Lipinski definition) is 1. The van der Waals surface area contributed by atoms with Crippen LogP contribution in [0.15, 0.2) is 60.4 Å². The van der Waals surface area contributed by atoms with Crippen molar-refractivity contribution in [2.45, 2.75) is 5.25 Å². The first-order valence-electron chi connectivity index (χ1n) is 10.1. The molecule has 1 amide bonds. The molecule has 0 aliphatic rings. The molecule has 98 valence electrons. The zero-order valence-corrected chi connectivity index (χ0v) is 10.4. The van der Waals surface area contributed by atoms with Crippen molar-refractivity contribution in [3.05, 3.63) is 71.6 Å². The van der Waals surface area contributed by atoms with Crippen LogP contribution in [0.4, 0.5) is 0 Å². The molecule has 0 spiro atoms. The highest BCUT2D eigenvalue weighted by Crippen LogP contribution is 2.27. The summed E-state index contributed by atoms with van der Waals surface area (Å²) in [5, 5.41) is -1.77. The second-order valence-corrected chi connectivity index (χ2v) is 4.97. The van der Waals surface area contributed by atoms with Crippen LogP contribution in [0.1, 0.15) is 30.1 Å². The fraction of sp³-hybridized carbons (Fsp3) is 0.133. The van der Waals surface area contributed by atoms with E-state index in [0.717, 1.165) is 0 Å². The molecule has 0 unspecified atom stereocenters. The van der Waals surface area contributed by atoms with Gasteiger partial charge in [0.25, 0.3) is 0 Å². The van der Waals surface area contributed by atoms with Crippen molar-refractivity contribution in [2.24, 2.45) is 5.73 Å². The summed E-state index contributed by atoms with van der Waals surface area (Å²) in [4.78, 5) is 11.3. The molecule has 0 aliphatic carbocycles. The van der Waals surface area contributed by atoms with Gasteiger partial charge in [-0.2, -0.15) is 0 Å². The Morgan fingerprint density at radius 3 is 1.84 bits per heavy atom. The average Bonchev–Trinajstić information content (AvgIpc) is 2.66. The van der Waals surface area contributed by atoms with Crippen LogP contribution in [0.2, 0.25) is 0 Å². The summed E-state index contributed by atoms with van der Waals surface area (Å²) >= 11 is 0. The van der Waals surface area contributed by atoms with Crippen molar-refractivity contribution in [1.29, 1.82) is 0 Å². The molecule has 2 rings (SSSR count). The van der Waals surface area contributed by atoms with E-state index in [0.29, 0.717) is 0 Å². The van der Waals surface area contributed by atoms with E-state index in [1.807, 2.05) is 0 Å². The van der Waals surface area contributed by atoms with E-state index in [1.165, 1.54) is 0 Å². The topological polar surface area (TPSA) is 60.2 Å². The highest BCUT2D eigenvalue weighted by molar-refractivity contribution is 7.86. The van der Waals surface area contributed by atoms with Crippen LogP contribution >= 0.6 is 0 Å². The van der Waals surface area contributed by atoms with E-state index in [2.05, 4.69) is 0 Å². The summed E-state index contributed by atoms with van der Waals surface area (Å²) in [5.41, 5.74) is 3.99. The molecule has 0 bridgehead atoms. The van der Waals surface area contributed by atoms with Gasteiger partial charge in [-0.25, -0.2) is 0 Å². The van der Waals surface area contributed by atoms with Crippen LogP contribution in [0.5, 0.6) is 0 Å². The van der Waals surface area contributed by atoms with Crippen LogP contribution in [-0.4, -0.2) is 15.9 Å². The summed E-state index contributed by atoms with van der Waals surface area (Å²) in [7, 11) is -2.39. The van der Waals surface area contributed by atoms with E-state index in [9.17, 15) is 9.00 Å². The number of nitrogens with two attached hydrogens (primary N) is 1. The smallest absolute Gasteiger partial charge is 0.230 e. The Labute approximate surface area is 129 Å². The van der Waals surface area contributed by atoms with Crippen molar-refractivity contribution >= 4 is 16.7 Å². The minimum absolute atomic E-state index is 0.547. The fourth-order valence-corrected chi connectivity index (χ4v) is 2.62. The minimum Gasteiger partial charge on any atom is -0.369 e. The maximum absolute atomic E-state index is 12.9. The number of rotatable bonds is 5. The molecule has 0 saturated carbocycles. The Bertz CT molecular complexity index is 931. The summed E-state index contributed by atoms with van der Waals surface area (Å²) in [5.74, 6) is -1.84. The third-order valence-electron chi connectivity index (χ3n) is 2.11. The molecule has 0 saturated heterocycles. The third-order valence-corrected chi connectivity index (χ3v) is 3.68. The second-order valence-electron chi connectivity index (χ2n) is 3.45. The molecule has 2 aromatic rings. The highest BCUT2D eigenvalue weighted by atomic mass is 32.2. The molecule has 1 atom stereocenters. The molecule has 4 heteroatoms. The maximum atomic E-state index is 12.9. The average molecular weight is 283 g/mol. The van der Waals surface area contributed by atoms with E-state index in [4.69, 9.17) is 19.4 Å². The van der Waals surface area contributed by atoms with E-state index >= 15 is 0 Å². The monoisotopic (exact) mass is 283 g/mol. The molecule has 0 aliphatic heterocycles. The number of benzene rings is 2. The molecule has 0 aromatic heterocycles. The predicted molar refractivity (Wildman–Crippen MR) is 76.9 cm³/mol. The second kappa shape index (κ2) is 6.29. The zero-order chi connectivity index (χ0) is 22.4. The summed E-state index contributed by atoms with van der Waals surface area (Å²) in [6.07, 6.45) is 0. The van der Waals surface area contributed by atoms with Gasteiger partial charge in [-0.1, -0.05) is 60.4 Å². The van der Waals surface area contributed by atoms with E-state index < -0.39 is 99.3 Å². The van der Waals surface area contributed by atoms with Crippen molar-refractivity contribution < 1.29 is 22.7 Å². The summed E-state index contributed by atoms with van der Waals surface area (Å²) < 4.78 is 91.9. The lowest BCUT2D eigenvalue weighted by Gasteiger charge is -2.16. The number of carbonyl (C=O) groups is 1. The van der Waals surface area contributed by atoms with Gasteiger partial charge in [0.1, 0.15) is 5.75 Å². The molecule has 3 nitrogen and oxygen atoms in total. The van der Waals surface area contributed by atoms with Crippen LogP contribution < -0.4 is 5.73 Å². The van der Waals surface area contributed by atoms with Gasteiger partial charge in [0, 0.05) is 10.8 Å². The molecule has 19 heavy (non-hydrogen) atoms. The Balaban J connectivity index is 3.01. The molecule has 2 aromatic carbocycles. The highest BCUT2D eigenvalue weighted by Gasteiger charge is 2.22. The van der Waals surface area contributed by atoms with E-state index in [1.54, 1.807) is 0 Å². The Morgan fingerprint density at radius 1 is 1.05 bits per heavy atom. The van der Waals surface area contributed by atoms with Gasteiger partial charge >= 0.3 is 0 Å². The van der Waals surface area contributed by atoms with E-state index in [-0.39, 0.29) is 0 Å². The normalized spacial score (nSPS) is 19.6. The summed E-state index contributed by atoms with van der Waals surface area (Å²) in [6.45, 7) is 0. The van der Waals surface area contributed by atoms with Gasteiger partial charge in [0.15, 0.2) is 0 Å². The van der Waals surface area contributed by atoms with Gasteiger partial charge < -0.3 is 5.73 Å². The zero-order valence-electron chi connectivity index (χ0n) is 19.6. The lowest BCUT2D eigenvalue weighted by atomic mass is 10.0. The summed E-state index contributed by atoms with van der Waals surface area (Å²) in [6, 6.07) is -7.49. The Morgan fingerprint density at radius 2 is 1.47 bits per heavy atom. The first-order valence-corrected chi connectivity index (χ1v) is 6.50. The van der Waals surface area contributed by atoms with Crippen LogP contribution in [0.3, 0.4) is 0 Å². The first-order chi connectivity index (χ1) is 13.3. The fourth-order valence-electron chi connectivity index (χ4n) is 1.41. The largest absolute Gasteiger partial charge is 0.369 e.